The third kappa shape index (κ3) is 5.21. The van der Waals surface area contributed by atoms with Gasteiger partial charge in [-0.2, -0.15) is 0 Å². The number of fused-ring (bicyclic) bond motifs is 1. The highest BCUT2D eigenvalue weighted by atomic mass is 16.6. The number of carbonyl (C=O) groups excluding carboxylic acids is 1. The van der Waals surface area contributed by atoms with Gasteiger partial charge in [0.25, 0.3) is 0 Å². The first-order valence-corrected chi connectivity index (χ1v) is 9.74. The van der Waals surface area contributed by atoms with Crippen LogP contribution in [-0.2, 0) is 17.7 Å². The summed E-state index contributed by atoms with van der Waals surface area (Å²) < 4.78 is 5.42. The number of nitrogens with one attached hydrogen (secondary N) is 1. The van der Waals surface area contributed by atoms with Gasteiger partial charge in [-0.3, -0.25) is 4.90 Å². The van der Waals surface area contributed by atoms with Crippen LogP contribution in [0.3, 0.4) is 0 Å². The Balaban J connectivity index is 1.66. The van der Waals surface area contributed by atoms with E-state index in [-0.39, 0.29) is 12.1 Å². The van der Waals surface area contributed by atoms with Crippen LogP contribution in [0.15, 0.2) is 18.2 Å². The molecular weight excluding hydrogens is 312 g/mol. The molecule has 1 heterocycles. The standard InChI is InChI=1S/C21H32N2O2/c1-21(2,3)25-20(24)22-19-9-7-8-17-14-16(10-11-18(17)19)15-23-12-5-4-6-13-23/h10-11,14,19H,4-9,12-13,15H2,1-3H3,(H,22,24). The van der Waals surface area contributed by atoms with Crippen LogP contribution in [0.4, 0.5) is 4.79 Å². The normalized spacial score (nSPS) is 21.5. The van der Waals surface area contributed by atoms with Gasteiger partial charge in [0.1, 0.15) is 5.60 Å². The summed E-state index contributed by atoms with van der Waals surface area (Å²) in [6.45, 7) is 9.19. The molecule has 1 aliphatic heterocycles. The van der Waals surface area contributed by atoms with Gasteiger partial charge in [0.15, 0.2) is 0 Å². The third-order valence-electron chi connectivity index (χ3n) is 5.07. The van der Waals surface area contributed by atoms with Gasteiger partial charge in [0, 0.05) is 6.54 Å². The molecular formula is C21H32N2O2. The fourth-order valence-corrected chi connectivity index (χ4v) is 3.94. The summed E-state index contributed by atoms with van der Waals surface area (Å²) in [6, 6.07) is 6.88. The minimum absolute atomic E-state index is 0.0719. The SMILES string of the molecule is CC(C)(C)OC(=O)NC1CCCc2cc(CN3CCCCC3)ccc21. The summed E-state index contributed by atoms with van der Waals surface area (Å²) in [7, 11) is 0. The van der Waals surface area contributed by atoms with Crippen LogP contribution in [0.2, 0.25) is 0 Å². The lowest BCUT2D eigenvalue weighted by atomic mass is 9.86. The molecule has 0 saturated carbocycles. The minimum atomic E-state index is -0.458. The Morgan fingerprint density at radius 2 is 1.96 bits per heavy atom. The van der Waals surface area contributed by atoms with Crippen molar-refractivity contribution in [3.63, 3.8) is 0 Å². The Hall–Kier alpha value is -1.55. The van der Waals surface area contributed by atoms with Gasteiger partial charge in [0.2, 0.25) is 0 Å². The molecule has 138 valence electrons. The molecule has 1 amide bonds. The quantitative estimate of drug-likeness (QED) is 0.873. The van der Waals surface area contributed by atoms with Crippen molar-refractivity contribution in [2.75, 3.05) is 13.1 Å². The highest BCUT2D eigenvalue weighted by Gasteiger charge is 2.25. The molecule has 1 aliphatic carbocycles. The van der Waals surface area contributed by atoms with Crippen molar-refractivity contribution in [1.29, 1.82) is 0 Å². The molecule has 1 aromatic carbocycles. The van der Waals surface area contributed by atoms with E-state index in [0.717, 1.165) is 25.8 Å². The van der Waals surface area contributed by atoms with Crippen molar-refractivity contribution in [2.45, 2.75) is 77.5 Å². The third-order valence-corrected chi connectivity index (χ3v) is 5.07. The van der Waals surface area contributed by atoms with E-state index >= 15 is 0 Å². The minimum Gasteiger partial charge on any atom is -0.444 e. The number of alkyl carbamates (subject to hydrolysis) is 1. The average molecular weight is 344 g/mol. The Morgan fingerprint density at radius 1 is 1.20 bits per heavy atom. The van der Waals surface area contributed by atoms with Gasteiger partial charge in [-0.05, 0) is 82.7 Å². The van der Waals surface area contributed by atoms with Gasteiger partial charge in [-0.25, -0.2) is 4.79 Å². The van der Waals surface area contributed by atoms with Crippen LogP contribution in [0, 0.1) is 0 Å². The maximum atomic E-state index is 12.1. The summed E-state index contributed by atoms with van der Waals surface area (Å²) in [4.78, 5) is 14.7. The molecule has 25 heavy (non-hydrogen) atoms. The van der Waals surface area contributed by atoms with Gasteiger partial charge >= 0.3 is 6.09 Å². The number of nitrogens with zero attached hydrogens (tertiary/aromatic N) is 1. The van der Waals surface area contributed by atoms with Crippen molar-refractivity contribution in [1.82, 2.24) is 10.2 Å². The number of aryl methyl sites for hydroxylation is 1. The molecule has 2 aliphatic rings. The van der Waals surface area contributed by atoms with Crippen LogP contribution >= 0.6 is 0 Å². The van der Waals surface area contributed by atoms with Crippen molar-refractivity contribution in [3.05, 3.63) is 34.9 Å². The number of rotatable bonds is 3. The maximum Gasteiger partial charge on any atom is 0.408 e. The first kappa shape index (κ1) is 18.2. The molecule has 1 unspecified atom stereocenters. The Kier molecular flexibility index (Phi) is 5.67. The Bertz CT molecular complexity index is 600. The van der Waals surface area contributed by atoms with Crippen LogP contribution in [0.1, 0.15) is 75.6 Å². The fraction of sp³-hybridized carbons (Fsp3) is 0.667. The molecule has 1 saturated heterocycles. The van der Waals surface area contributed by atoms with Crippen molar-refractivity contribution >= 4 is 6.09 Å². The van der Waals surface area contributed by atoms with Gasteiger partial charge in [-0.1, -0.05) is 24.6 Å². The van der Waals surface area contributed by atoms with E-state index in [0.29, 0.717) is 0 Å². The van der Waals surface area contributed by atoms with Crippen LogP contribution in [0.25, 0.3) is 0 Å². The molecule has 4 heteroatoms. The maximum absolute atomic E-state index is 12.1. The molecule has 0 radical (unpaired) electrons. The second-order valence-electron chi connectivity index (χ2n) is 8.46. The number of likely N-dealkylation sites (tertiary alicyclic amines) is 1. The lowest BCUT2D eigenvalue weighted by Crippen LogP contribution is -2.36. The highest BCUT2D eigenvalue weighted by molar-refractivity contribution is 5.68. The monoisotopic (exact) mass is 344 g/mol. The molecule has 1 fully saturated rings. The summed E-state index contributed by atoms with van der Waals surface area (Å²) in [5.41, 5.74) is 3.60. The molecule has 4 nitrogen and oxygen atoms in total. The summed E-state index contributed by atoms with van der Waals surface area (Å²) in [5.74, 6) is 0. The molecule has 1 N–H and O–H groups in total. The first-order valence-electron chi connectivity index (χ1n) is 9.74. The van der Waals surface area contributed by atoms with E-state index < -0.39 is 5.60 Å². The zero-order chi connectivity index (χ0) is 17.9. The molecule has 0 bridgehead atoms. The molecule has 1 atom stereocenters. The lowest BCUT2D eigenvalue weighted by Gasteiger charge is -2.30. The number of carbonyl (C=O) groups is 1. The fourth-order valence-electron chi connectivity index (χ4n) is 3.94. The largest absolute Gasteiger partial charge is 0.444 e. The van der Waals surface area contributed by atoms with Crippen molar-refractivity contribution in [3.8, 4) is 0 Å². The number of amides is 1. The zero-order valence-electron chi connectivity index (χ0n) is 15.9. The van der Waals surface area contributed by atoms with Crippen LogP contribution in [0.5, 0.6) is 0 Å². The topological polar surface area (TPSA) is 41.6 Å². The van der Waals surface area contributed by atoms with Crippen molar-refractivity contribution in [2.24, 2.45) is 0 Å². The van der Waals surface area contributed by atoms with E-state index in [9.17, 15) is 4.79 Å². The number of hydrogen-bond acceptors (Lipinski definition) is 3. The lowest BCUT2D eigenvalue weighted by molar-refractivity contribution is 0.0498. The zero-order valence-corrected chi connectivity index (χ0v) is 15.9. The van der Waals surface area contributed by atoms with Gasteiger partial charge in [-0.15, -0.1) is 0 Å². The summed E-state index contributed by atoms with van der Waals surface area (Å²) in [5, 5.41) is 3.06. The van der Waals surface area contributed by atoms with E-state index in [1.807, 2.05) is 20.8 Å². The van der Waals surface area contributed by atoms with Gasteiger partial charge in [0.05, 0.1) is 6.04 Å². The van der Waals surface area contributed by atoms with Crippen LogP contribution in [-0.4, -0.2) is 29.7 Å². The number of piperidine rings is 1. The predicted octanol–water partition coefficient (Wildman–Crippen LogP) is 4.57. The summed E-state index contributed by atoms with van der Waals surface area (Å²) in [6.07, 6.45) is 6.91. The first-order chi connectivity index (χ1) is 11.9. The van der Waals surface area contributed by atoms with E-state index in [1.165, 1.54) is 49.0 Å². The molecule has 1 aromatic rings. The predicted molar refractivity (Wildman–Crippen MR) is 101 cm³/mol. The van der Waals surface area contributed by atoms with Crippen LogP contribution < -0.4 is 5.32 Å². The van der Waals surface area contributed by atoms with E-state index in [1.54, 1.807) is 0 Å². The second-order valence-corrected chi connectivity index (χ2v) is 8.46. The van der Waals surface area contributed by atoms with E-state index in [4.69, 9.17) is 4.74 Å². The number of benzene rings is 1. The highest BCUT2D eigenvalue weighted by Crippen LogP contribution is 2.31. The average Bonchev–Trinajstić information content (AvgIpc) is 2.54. The van der Waals surface area contributed by atoms with Crippen molar-refractivity contribution < 1.29 is 9.53 Å². The Labute approximate surface area is 151 Å². The molecule has 3 rings (SSSR count). The summed E-state index contributed by atoms with van der Waals surface area (Å²) >= 11 is 0. The molecule has 0 aromatic heterocycles. The molecule has 0 spiro atoms. The van der Waals surface area contributed by atoms with E-state index in [2.05, 4.69) is 28.4 Å². The van der Waals surface area contributed by atoms with Gasteiger partial charge < -0.3 is 10.1 Å². The number of ether oxygens (including phenoxy) is 1. The second kappa shape index (κ2) is 7.77. The number of hydrogen-bond donors (Lipinski definition) is 1. The smallest absolute Gasteiger partial charge is 0.408 e. The Morgan fingerprint density at radius 3 is 2.68 bits per heavy atom.